The number of nitrogens with one attached hydrogen (secondary N) is 1. The zero-order chi connectivity index (χ0) is 14.6. The third-order valence-electron chi connectivity index (χ3n) is 3.91. The third-order valence-corrected chi connectivity index (χ3v) is 3.91. The summed E-state index contributed by atoms with van der Waals surface area (Å²) in [6.07, 6.45) is 9.90. The highest BCUT2D eigenvalue weighted by atomic mass is 16.5. The Kier molecular flexibility index (Phi) is 9.67. The van der Waals surface area contributed by atoms with Crippen molar-refractivity contribution in [3.8, 4) is 0 Å². The molecule has 0 aliphatic carbocycles. The summed E-state index contributed by atoms with van der Waals surface area (Å²) in [5, 5.41) is 3.08. The monoisotopic (exact) mass is 285 g/mol. The molecule has 1 heterocycles. The molecule has 1 aliphatic heterocycles. The Balaban J connectivity index is 2.11. The summed E-state index contributed by atoms with van der Waals surface area (Å²) in [5.41, 5.74) is 0. The van der Waals surface area contributed by atoms with Gasteiger partial charge in [0.15, 0.2) is 0 Å². The Labute approximate surface area is 123 Å². The zero-order valence-corrected chi connectivity index (χ0v) is 13.2. The molecule has 4 heteroatoms. The molecule has 20 heavy (non-hydrogen) atoms. The Bertz CT molecular complexity index is 258. The van der Waals surface area contributed by atoms with E-state index >= 15 is 0 Å². The van der Waals surface area contributed by atoms with Crippen LogP contribution in [0.4, 0.5) is 0 Å². The van der Waals surface area contributed by atoms with E-state index in [0.29, 0.717) is 13.0 Å². The fourth-order valence-electron chi connectivity index (χ4n) is 2.62. The lowest BCUT2D eigenvalue weighted by atomic mass is 10.1. The van der Waals surface area contributed by atoms with Crippen molar-refractivity contribution >= 4 is 5.91 Å². The number of unbranched alkanes of at least 4 members (excludes halogenated alkanes) is 5. The minimum absolute atomic E-state index is 0.107. The third kappa shape index (κ3) is 7.85. The van der Waals surface area contributed by atoms with Crippen molar-refractivity contribution in [1.82, 2.24) is 5.32 Å². The van der Waals surface area contributed by atoms with Crippen molar-refractivity contribution in [2.45, 2.75) is 76.9 Å². The molecule has 1 fully saturated rings. The van der Waals surface area contributed by atoms with Crippen LogP contribution in [0.25, 0.3) is 0 Å². The molecule has 0 radical (unpaired) electrons. The van der Waals surface area contributed by atoms with Crippen molar-refractivity contribution in [2.75, 3.05) is 20.3 Å². The van der Waals surface area contributed by atoms with Gasteiger partial charge >= 0.3 is 0 Å². The molecule has 1 N–H and O–H groups in total. The van der Waals surface area contributed by atoms with Crippen LogP contribution in [0.5, 0.6) is 0 Å². The van der Waals surface area contributed by atoms with Gasteiger partial charge in [0.05, 0.1) is 18.8 Å². The molecule has 0 aromatic rings. The molecule has 1 rings (SSSR count). The Morgan fingerprint density at radius 1 is 1.25 bits per heavy atom. The van der Waals surface area contributed by atoms with E-state index in [-0.39, 0.29) is 18.1 Å². The molecule has 2 atom stereocenters. The number of methoxy groups -OCH3 is 1. The highest BCUT2D eigenvalue weighted by Crippen LogP contribution is 2.12. The van der Waals surface area contributed by atoms with E-state index in [2.05, 4.69) is 12.2 Å². The van der Waals surface area contributed by atoms with Gasteiger partial charge in [-0.05, 0) is 19.3 Å². The fourth-order valence-corrected chi connectivity index (χ4v) is 2.62. The molecule has 0 aromatic heterocycles. The lowest BCUT2D eigenvalue weighted by Crippen LogP contribution is -2.39. The standard InChI is InChI=1S/C16H31NO3/c1-3-4-5-6-7-8-9-16(18)17-14-12-15(19-2)10-11-20-13-14/h14-15H,3-13H2,1-2H3,(H,17,18)/t14-,15+/m0/s1. The van der Waals surface area contributed by atoms with E-state index < -0.39 is 0 Å². The molecule has 1 amide bonds. The molecule has 1 saturated heterocycles. The van der Waals surface area contributed by atoms with Crippen molar-refractivity contribution in [1.29, 1.82) is 0 Å². The summed E-state index contributed by atoms with van der Waals surface area (Å²) in [7, 11) is 1.73. The van der Waals surface area contributed by atoms with Gasteiger partial charge in [0.1, 0.15) is 0 Å². The number of carbonyl (C=O) groups is 1. The number of amides is 1. The lowest BCUT2D eigenvalue weighted by Gasteiger charge is -2.19. The van der Waals surface area contributed by atoms with Crippen LogP contribution < -0.4 is 5.32 Å². The van der Waals surface area contributed by atoms with Crippen LogP contribution in [0.2, 0.25) is 0 Å². The van der Waals surface area contributed by atoms with Gasteiger partial charge in [0.25, 0.3) is 0 Å². The van der Waals surface area contributed by atoms with Crippen LogP contribution in [0.3, 0.4) is 0 Å². The fraction of sp³-hybridized carbons (Fsp3) is 0.938. The summed E-state index contributed by atoms with van der Waals surface area (Å²) in [5.74, 6) is 0.158. The van der Waals surface area contributed by atoms with Crippen LogP contribution in [-0.4, -0.2) is 38.4 Å². The van der Waals surface area contributed by atoms with Crippen LogP contribution in [0.15, 0.2) is 0 Å². The van der Waals surface area contributed by atoms with Crippen LogP contribution in [0, 0.1) is 0 Å². The van der Waals surface area contributed by atoms with Crippen molar-refractivity contribution < 1.29 is 14.3 Å². The maximum absolute atomic E-state index is 11.9. The molecule has 0 saturated carbocycles. The molecule has 4 nitrogen and oxygen atoms in total. The van der Waals surface area contributed by atoms with Crippen LogP contribution in [0.1, 0.15) is 64.7 Å². The van der Waals surface area contributed by atoms with Gasteiger partial charge in [-0.15, -0.1) is 0 Å². The van der Waals surface area contributed by atoms with E-state index in [4.69, 9.17) is 9.47 Å². The van der Waals surface area contributed by atoms with Gasteiger partial charge in [-0.3, -0.25) is 4.79 Å². The Morgan fingerprint density at radius 3 is 2.75 bits per heavy atom. The minimum atomic E-state index is 0.107. The maximum Gasteiger partial charge on any atom is 0.220 e. The van der Waals surface area contributed by atoms with Gasteiger partial charge < -0.3 is 14.8 Å². The second kappa shape index (κ2) is 11.1. The highest BCUT2D eigenvalue weighted by molar-refractivity contribution is 5.76. The van der Waals surface area contributed by atoms with E-state index in [9.17, 15) is 4.79 Å². The first kappa shape index (κ1) is 17.4. The average molecular weight is 285 g/mol. The number of ether oxygens (including phenoxy) is 2. The average Bonchev–Trinajstić information content (AvgIpc) is 2.67. The smallest absolute Gasteiger partial charge is 0.220 e. The second-order valence-electron chi connectivity index (χ2n) is 5.74. The summed E-state index contributed by atoms with van der Waals surface area (Å²) < 4.78 is 10.9. The van der Waals surface area contributed by atoms with E-state index in [1.54, 1.807) is 7.11 Å². The van der Waals surface area contributed by atoms with Crippen LogP contribution >= 0.6 is 0 Å². The highest BCUT2D eigenvalue weighted by Gasteiger charge is 2.21. The SMILES string of the molecule is CCCCCCCCC(=O)N[C@@H]1COCC[C@@H](OC)C1. The molecule has 1 aliphatic rings. The van der Waals surface area contributed by atoms with E-state index in [1.807, 2.05) is 0 Å². The molecular formula is C16H31NO3. The molecule has 118 valence electrons. The largest absolute Gasteiger partial charge is 0.381 e. The van der Waals surface area contributed by atoms with Crippen molar-refractivity contribution in [3.63, 3.8) is 0 Å². The summed E-state index contributed by atoms with van der Waals surface area (Å²) in [4.78, 5) is 11.9. The molecule has 0 aromatic carbocycles. The number of hydrogen-bond acceptors (Lipinski definition) is 3. The molecule has 0 unspecified atom stereocenters. The van der Waals surface area contributed by atoms with Crippen molar-refractivity contribution in [2.24, 2.45) is 0 Å². The number of hydrogen-bond donors (Lipinski definition) is 1. The summed E-state index contributed by atoms with van der Waals surface area (Å²) in [6.45, 7) is 3.56. The van der Waals surface area contributed by atoms with Gasteiger partial charge in [0, 0.05) is 20.1 Å². The number of rotatable bonds is 9. The first-order valence-corrected chi connectivity index (χ1v) is 8.16. The normalized spacial score (nSPS) is 23.3. The Morgan fingerprint density at radius 2 is 2.00 bits per heavy atom. The first-order chi connectivity index (χ1) is 9.76. The predicted molar refractivity (Wildman–Crippen MR) is 80.8 cm³/mol. The topological polar surface area (TPSA) is 47.6 Å². The second-order valence-corrected chi connectivity index (χ2v) is 5.74. The predicted octanol–water partition coefficient (Wildman–Crippen LogP) is 3.05. The zero-order valence-electron chi connectivity index (χ0n) is 13.2. The Hall–Kier alpha value is -0.610. The van der Waals surface area contributed by atoms with E-state index in [0.717, 1.165) is 32.3 Å². The maximum atomic E-state index is 11.9. The summed E-state index contributed by atoms with van der Waals surface area (Å²) >= 11 is 0. The van der Waals surface area contributed by atoms with Crippen molar-refractivity contribution in [3.05, 3.63) is 0 Å². The van der Waals surface area contributed by atoms with Gasteiger partial charge in [-0.25, -0.2) is 0 Å². The molecule has 0 spiro atoms. The van der Waals surface area contributed by atoms with Gasteiger partial charge in [-0.2, -0.15) is 0 Å². The van der Waals surface area contributed by atoms with Crippen LogP contribution in [-0.2, 0) is 14.3 Å². The first-order valence-electron chi connectivity index (χ1n) is 8.16. The minimum Gasteiger partial charge on any atom is -0.381 e. The summed E-state index contributed by atoms with van der Waals surface area (Å²) in [6, 6.07) is 0.107. The molecular weight excluding hydrogens is 254 g/mol. The quantitative estimate of drug-likeness (QED) is 0.662. The number of carbonyl (C=O) groups excluding carboxylic acids is 1. The lowest BCUT2D eigenvalue weighted by molar-refractivity contribution is -0.122. The van der Waals surface area contributed by atoms with Gasteiger partial charge in [0.2, 0.25) is 5.91 Å². The van der Waals surface area contributed by atoms with E-state index in [1.165, 1.54) is 25.7 Å². The molecule has 0 bridgehead atoms. The van der Waals surface area contributed by atoms with Gasteiger partial charge in [-0.1, -0.05) is 39.0 Å².